The lowest BCUT2D eigenvalue weighted by Gasteiger charge is -2.27. The van der Waals surface area contributed by atoms with Crippen LogP contribution in [0.3, 0.4) is 0 Å². The van der Waals surface area contributed by atoms with Crippen molar-refractivity contribution in [2.75, 3.05) is 0 Å². The average molecular weight is 368 g/mol. The van der Waals surface area contributed by atoms with Crippen molar-refractivity contribution in [1.82, 2.24) is 0 Å². The number of hydrogen-bond acceptors (Lipinski definition) is 1. The molecule has 3 aromatic carbocycles. The predicted octanol–water partition coefficient (Wildman–Crippen LogP) is 6.71. The monoisotopic (exact) mass is 367 g/mol. The molecule has 1 aliphatic rings. The summed E-state index contributed by atoms with van der Waals surface area (Å²) in [5.74, 6) is 0.372. The van der Waals surface area contributed by atoms with Gasteiger partial charge in [0.05, 0.1) is 0 Å². The smallest absolute Gasteiger partial charge is 0.0404 e. The van der Waals surface area contributed by atoms with Crippen molar-refractivity contribution in [3.8, 4) is 0 Å². The van der Waals surface area contributed by atoms with E-state index in [4.69, 9.17) is 5.73 Å². The number of hydrogen-bond donors (Lipinski definition) is 1. The lowest BCUT2D eigenvalue weighted by Crippen LogP contribution is -2.34. The molecule has 1 nitrogen and oxygen atoms in total. The van der Waals surface area contributed by atoms with Gasteiger partial charge in [0.2, 0.25) is 0 Å². The van der Waals surface area contributed by atoms with E-state index < -0.39 is 0 Å². The summed E-state index contributed by atoms with van der Waals surface area (Å²) in [5.41, 5.74) is 15.5. The molecule has 0 aliphatic heterocycles. The van der Waals surface area contributed by atoms with Crippen LogP contribution in [0.1, 0.15) is 72.9 Å². The molecule has 0 fully saturated rings. The third-order valence-electron chi connectivity index (χ3n) is 6.51. The lowest BCUT2D eigenvalue weighted by atomic mass is 9.84. The Kier molecular flexibility index (Phi) is 4.95. The van der Waals surface area contributed by atoms with Crippen LogP contribution in [0, 0.1) is 0 Å². The number of rotatable bonds is 4. The summed E-state index contributed by atoms with van der Waals surface area (Å²) in [5, 5.41) is 0. The number of benzene rings is 3. The third-order valence-corrected chi connectivity index (χ3v) is 6.51. The summed E-state index contributed by atoms with van der Waals surface area (Å²) in [4.78, 5) is 0. The molecular weight excluding hydrogens is 338 g/mol. The van der Waals surface area contributed by atoms with E-state index in [-0.39, 0.29) is 5.54 Å². The van der Waals surface area contributed by atoms with Crippen molar-refractivity contribution >= 4 is 11.6 Å². The van der Waals surface area contributed by atoms with Crippen LogP contribution in [-0.4, -0.2) is 0 Å². The number of nitrogens with two attached hydrogens (primary N) is 1. The molecule has 1 heteroatoms. The van der Waals surface area contributed by atoms with E-state index in [0.717, 1.165) is 12.8 Å². The van der Waals surface area contributed by atoms with Gasteiger partial charge in [-0.15, -0.1) is 0 Å². The second kappa shape index (κ2) is 7.41. The average Bonchev–Trinajstić information content (AvgIpc) is 2.89. The van der Waals surface area contributed by atoms with Crippen LogP contribution in [0.25, 0.3) is 11.6 Å². The summed E-state index contributed by atoms with van der Waals surface area (Å²) in [6.45, 7) is 6.64. The Hall–Kier alpha value is -2.64. The second-order valence-corrected chi connectivity index (χ2v) is 7.94. The second-order valence-electron chi connectivity index (χ2n) is 7.94. The Balaban J connectivity index is 1.87. The third kappa shape index (κ3) is 3.10. The SMILES string of the molecule is CCC(N)(CC)c1ccc(C2=Cc3ccccc3C(C)c3ccccc32)cc1. The summed E-state index contributed by atoms with van der Waals surface area (Å²) in [6, 6.07) is 26.5. The highest BCUT2D eigenvalue weighted by Crippen LogP contribution is 2.40. The molecule has 1 aliphatic carbocycles. The van der Waals surface area contributed by atoms with Gasteiger partial charge < -0.3 is 5.73 Å². The zero-order valence-electron chi connectivity index (χ0n) is 17.1. The zero-order valence-corrected chi connectivity index (χ0v) is 17.1. The van der Waals surface area contributed by atoms with E-state index in [9.17, 15) is 0 Å². The Morgan fingerprint density at radius 1 is 0.786 bits per heavy atom. The van der Waals surface area contributed by atoms with E-state index in [1.165, 1.54) is 39.0 Å². The fourth-order valence-corrected chi connectivity index (χ4v) is 4.44. The Labute approximate surface area is 168 Å². The van der Waals surface area contributed by atoms with Crippen LogP contribution < -0.4 is 5.73 Å². The normalized spacial score (nSPS) is 16.0. The first-order valence-corrected chi connectivity index (χ1v) is 10.4. The van der Waals surface area contributed by atoms with Gasteiger partial charge in [0.15, 0.2) is 0 Å². The molecular formula is C27H29N. The molecule has 0 aromatic heterocycles. The van der Waals surface area contributed by atoms with Gasteiger partial charge in [-0.05, 0) is 57.9 Å². The van der Waals surface area contributed by atoms with Crippen LogP contribution >= 0.6 is 0 Å². The highest BCUT2D eigenvalue weighted by molar-refractivity contribution is 5.94. The van der Waals surface area contributed by atoms with E-state index in [1.54, 1.807) is 0 Å². The maximum absolute atomic E-state index is 6.61. The first-order valence-electron chi connectivity index (χ1n) is 10.4. The Morgan fingerprint density at radius 3 is 2.07 bits per heavy atom. The van der Waals surface area contributed by atoms with E-state index >= 15 is 0 Å². The molecule has 0 saturated heterocycles. The summed E-state index contributed by atoms with van der Waals surface area (Å²) < 4.78 is 0. The predicted molar refractivity (Wildman–Crippen MR) is 120 cm³/mol. The molecule has 3 aromatic rings. The van der Waals surface area contributed by atoms with Crippen molar-refractivity contribution in [2.24, 2.45) is 5.73 Å². The van der Waals surface area contributed by atoms with Gasteiger partial charge in [-0.3, -0.25) is 0 Å². The van der Waals surface area contributed by atoms with Gasteiger partial charge in [-0.1, -0.05) is 93.6 Å². The Bertz CT molecular complexity index is 1010. The van der Waals surface area contributed by atoms with Crippen molar-refractivity contribution in [1.29, 1.82) is 0 Å². The van der Waals surface area contributed by atoms with E-state index in [2.05, 4.69) is 99.6 Å². The minimum absolute atomic E-state index is 0.241. The molecule has 1 atom stereocenters. The molecule has 0 spiro atoms. The maximum Gasteiger partial charge on any atom is 0.0404 e. The van der Waals surface area contributed by atoms with Crippen molar-refractivity contribution in [2.45, 2.75) is 45.1 Å². The molecule has 2 N–H and O–H groups in total. The molecule has 0 bridgehead atoms. The van der Waals surface area contributed by atoms with Crippen molar-refractivity contribution < 1.29 is 0 Å². The molecule has 1 unspecified atom stereocenters. The molecule has 4 rings (SSSR count). The van der Waals surface area contributed by atoms with Gasteiger partial charge in [-0.25, -0.2) is 0 Å². The first kappa shape index (κ1) is 18.7. The van der Waals surface area contributed by atoms with E-state index in [1.807, 2.05) is 0 Å². The molecule has 142 valence electrons. The van der Waals surface area contributed by atoms with Crippen LogP contribution in [0.2, 0.25) is 0 Å². The fraction of sp³-hybridized carbons (Fsp3) is 0.259. The number of fused-ring (bicyclic) bond motifs is 2. The van der Waals surface area contributed by atoms with Crippen LogP contribution in [0.5, 0.6) is 0 Å². The molecule has 0 saturated carbocycles. The quantitative estimate of drug-likeness (QED) is 0.544. The minimum atomic E-state index is -0.241. The zero-order chi connectivity index (χ0) is 19.7. The van der Waals surface area contributed by atoms with Crippen molar-refractivity contribution in [3.05, 3.63) is 106 Å². The topological polar surface area (TPSA) is 26.0 Å². The standard InChI is InChI=1S/C27H29N/c1-4-27(28,5-2)22-16-14-20(15-17-22)26-18-21-10-6-7-11-23(21)19(3)24-12-8-9-13-25(24)26/h6-19H,4-5,28H2,1-3H3. The van der Waals surface area contributed by atoms with Gasteiger partial charge in [-0.2, -0.15) is 0 Å². The van der Waals surface area contributed by atoms with Gasteiger partial charge in [0.1, 0.15) is 0 Å². The van der Waals surface area contributed by atoms with Crippen LogP contribution in [-0.2, 0) is 5.54 Å². The van der Waals surface area contributed by atoms with Gasteiger partial charge in [0, 0.05) is 11.5 Å². The van der Waals surface area contributed by atoms with Gasteiger partial charge >= 0.3 is 0 Å². The first-order chi connectivity index (χ1) is 13.6. The Morgan fingerprint density at radius 2 is 1.39 bits per heavy atom. The van der Waals surface area contributed by atoms with Crippen LogP contribution in [0.4, 0.5) is 0 Å². The van der Waals surface area contributed by atoms with E-state index in [0.29, 0.717) is 5.92 Å². The van der Waals surface area contributed by atoms with Crippen LogP contribution in [0.15, 0.2) is 72.8 Å². The highest BCUT2D eigenvalue weighted by atomic mass is 14.7. The fourth-order valence-electron chi connectivity index (χ4n) is 4.44. The summed E-state index contributed by atoms with van der Waals surface area (Å²) in [6.07, 6.45) is 4.24. The minimum Gasteiger partial charge on any atom is -0.321 e. The molecule has 0 heterocycles. The molecule has 0 radical (unpaired) electrons. The molecule has 28 heavy (non-hydrogen) atoms. The lowest BCUT2D eigenvalue weighted by molar-refractivity contribution is 0.413. The highest BCUT2D eigenvalue weighted by Gasteiger charge is 2.24. The molecule has 0 amide bonds. The summed E-state index contributed by atoms with van der Waals surface area (Å²) >= 11 is 0. The largest absolute Gasteiger partial charge is 0.321 e. The van der Waals surface area contributed by atoms with Gasteiger partial charge in [0.25, 0.3) is 0 Å². The van der Waals surface area contributed by atoms with Crippen molar-refractivity contribution in [3.63, 3.8) is 0 Å². The summed E-state index contributed by atoms with van der Waals surface area (Å²) in [7, 11) is 0. The maximum atomic E-state index is 6.61.